The average molecular weight is 239 g/mol. The van der Waals surface area contributed by atoms with Crippen LogP contribution in [0.4, 0.5) is 0 Å². The van der Waals surface area contributed by atoms with E-state index in [9.17, 15) is 0 Å². The molecule has 0 aliphatic carbocycles. The smallest absolute Gasteiger partial charge is 0.0487 e. The number of ether oxygens (including phenoxy) is 2. The highest BCUT2D eigenvalue weighted by molar-refractivity contribution is 7.99. The fourth-order valence-corrected chi connectivity index (χ4v) is 3.40. The van der Waals surface area contributed by atoms with E-state index in [1.165, 1.54) is 5.75 Å². The largest absolute Gasteiger partial charge is 0.385 e. The molecule has 84 valence electrons. The summed E-state index contributed by atoms with van der Waals surface area (Å²) in [6.07, 6.45) is 2.09. The van der Waals surface area contributed by atoms with Gasteiger partial charge in [-0.25, -0.2) is 0 Å². The van der Waals surface area contributed by atoms with Crippen molar-refractivity contribution in [1.29, 1.82) is 0 Å². The Morgan fingerprint density at radius 2 is 2.14 bits per heavy atom. The molecule has 0 N–H and O–H groups in total. The van der Waals surface area contributed by atoms with Gasteiger partial charge in [0.2, 0.25) is 0 Å². The van der Waals surface area contributed by atoms with E-state index in [1.807, 2.05) is 11.8 Å². The van der Waals surface area contributed by atoms with Gasteiger partial charge in [0.05, 0.1) is 0 Å². The third kappa shape index (κ3) is 4.87. The zero-order valence-electron chi connectivity index (χ0n) is 8.71. The highest BCUT2D eigenvalue weighted by atomic mass is 35.5. The van der Waals surface area contributed by atoms with Gasteiger partial charge < -0.3 is 9.47 Å². The monoisotopic (exact) mass is 238 g/mol. The van der Waals surface area contributed by atoms with E-state index in [2.05, 4.69) is 0 Å². The second-order valence-corrected chi connectivity index (χ2v) is 5.20. The van der Waals surface area contributed by atoms with Gasteiger partial charge in [-0.3, -0.25) is 0 Å². The Morgan fingerprint density at radius 3 is 2.79 bits per heavy atom. The Morgan fingerprint density at radius 1 is 1.29 bits per heavy atom. The van der Waals surface area contributed by atoms with Crippen molar-refractivity contribution in [1.82, 2.24) is 0 Å². The van der Waals surface area contributed by atoms with Gasteiger partial charge in [0, 0.05) is 38.1 Å². The van der Waals surface area contributed by atoms with Gasteiger partial charge in [-0.05, 0) is 24.5 Å². The molecule has 1 aliphatic heterocycles. The second-order valence-electron chi connectivity index (χ2n) is 3.56. The third-order valence-electron chi connectivity index (χ3n) is 2.39. The fourth-order valence-electron chi connectivity index (χ4n) is 1.48. The van der Waals surface area contributed by atoms with Crippen molar-refractivity contribution < 1.29 is 9.47 Å². The lowest BCUT2D eigenvalue weighted by molar-refractivity contribution is 0.0956. The number of hydrogen-bond acceptors (Lipinski definition) is 3. The van der Waals surface area contributed by atoms with Crippen molar-refractivity contribution in [3.8, 4) is 0 Å². The quantitative estimate of drug-likeness (QED) is 0.501. The van der Waals surface area contributed by atoms with Gasteiger partial charge in [-0.2, -0.15) is 11.8 Å². The van der Waals surface area contributed by atoms with E-state index in [4.69, 9.17) is 21.1 Å². The molecule has 1 saturated heterocycles. The van der Waals surface area contributed by atoms with E-state index >= 15 is 0 Å². The van der Waals surface area contributed by atoms with Crippen LogP contribution in [0, 0.1) is 5.92 Å². The van der Waals surface area contributed by atoms with E-state index < -0.39 is 0 Å². The first-order chi connectivity index (χ1) is 6.84. The lowest BCUT2D eigenvalue weighted by Gasteiger charge is -2.12. The summed E-state index contributed by atoms with van der Waals surface area (Å²) < 4.78 is 10.4. The molecule has 0 bridgehead atoms. The Hall–Kier alpha value is 0.560. The van der Waals surface area contributed by atoms with E-state index in [1.54, 1.807) is 7.11 Å². The van der Waals surface area contributed by atoms with Crippen LogP contribution in [0.5, 0.6) is 0 Å². The SMILES string of the molecule is COCCCOCCC1CSCC1Cl. The van der Waals surface area contributed by atoms with Crippen LogP contribution in [0.1, 0.15) is 12.8 Å². The van der Waals surface area contributed by atoms with Crippen LogP contribution in [0.2, 0.25) is 0 Å². The van der Waals surface area contributed by atoms with Gasteiger partial charge in [0.25, 0.3) is 0 Å². The summed E-state index contributed by atoms with van der Waals surface area (Å²) in [6, 6.07) is 0. The molecule has 14 heavy (non-hydrogen) atoms. The van der Waals surface area contributed by atoms with Crippen molar-refractivity contribution in [2.45, 2.75) is 18.2 Å². The molecule has 1 heterocycles. The number of thioether (sulfide) groups is 1. The zero-order valence-corrected chi connectivity index (χ0v) is 10.3. The lowest BCUT2D eigenvalue weighted by atomic mass is 10.1. The van der Waals surface area contributed by atoms with Crippen LogP contribution in [-0.4, -0.2) is 43.8 Å². The van der Waals surface area contributed by atoms with E-state index in [0.717, 1.165) is 38.4 Å². The Bertz CT molecular complexity index is 146. The molecular weight excluding hydrogens is 220 g/mol. The van der Waals surface area contributed by atoms with Crippen LogP contribution in [0.3, 0.4) is 0 Å². The molecule has 0 amide bonds. The number of halogens is 1. The molecule has 0 aromatic carbocycles. The predicted octanol–water partition coefficient (Wildman–Crippen LogP) is 2.40. The van der Waals surface area contributed by atoms with Crippen molar-refractivity contribution in [2.75, 3.05) is 38.4 Å². The summed E-state index contributed by atoms with van der Waals surface area (Å²) in [7, 11) is 1.72. The fraction of sp³-hybridized carbons (Fsp3) is 1.00. The first-order valence-electron chi connectivity index (χ1n) is 5.13. The molecule has 0 saturated carbocycles. The highest BCUT2D eigenvalue weighted by Gasteiger charge is 2.25. The van der Waals surface area contributed by atoms with Crippen LogP contribution in [0.15, 0.2) is 0 Å². The van der Waals surface area contributed by atoms with Crippen molar-refractivity contribution in [2.24, 2.45) is 5.92 Å². The molecule has 0 aromatic heterocycles. The maximum atomic E-state index is 6.14. The minimum absolute atomic E-state index is 0.363. The molecule has 2 unspecified atom stereocenters. The summed E-state index contributed by atoms with van der Waals surface area (Å²) in [5, 5.41) is 0.363. The maximum absolute atomic E-state index is 6.14. The van der Waals surface area contributed by atoms with Gasteiger partial charge in [-0.15, -0.1) is 11.6 Å². The molecule has 2 atom stereocenters. The van der Waals surface area contributed by atoms with Gasteiger partial charge in [0.15, 0.2) is 0 Å². The van der Waals surface area contributed by atoms with Gasteiger partial charge in [-0.1, -0.05) is 0 Å². The minimum atomic E-state index is 0.363. The topological polar surface area (TPSA) is 18.5 Å². The number of hydrogen-bond donors (Lipinski definition) is 0. The van der Waals surface area contributed by atoms with Crippen molar-refractivity contribution >= 4 is 23.4 Å². The molecule has 0 radical (unpaired) electrons. The number of methoxy groups -OCH3 is 1. The number of alkyl halides is 1. The number of rotatable bonds is 7. The summed E-state index contributed by atoms with van der Waals surface area (Å²) in [4.78, 5) is 0. The van der Waals surface area contributed by atoms with Crippen molar-refractivity contribution in [3.05, 3.63) is 0 Å². The Kier molecular flexibility index (Phi) is 7.04. The van der Waals surface area contributed by atoms with E-state index in [-0.39, 0.29) is 0 Å². The zero-order chi connectivity index (χ0) is 10.2. The van der Waals surface area contributed by atoms with Crippen LogP contribution in [0.25, 0.3) is 0 Å². The third-order valence-corrected chi connectivity index (χ3v) is 4.34. The standard InChI is InChI=1S/C10H19ClO2S/c1-12-4-2-5-13-6-3-9-7-14-8-10(9)11/h9-10H,2-8H2,1H3. The first kappa shape index (κ1) is 12.6. The predicted molar refractivity (Wildman–Crippen MR) is 62.4 cm³/mol. The Balaban J connectivity index is 1.88. The molecule has 1 fully saturated rings. The molecule has 2 nitrogen and oxygen atoms in total. The van der Waals surface area contributed by atoms with Crippen LogP contribution >= 0.6 is 23.4 Å². The highest BCUT2D eigenvalue weighted by Crippen LogP contribution is 2.30. The summed E-state index contributed by atoms with van der Waals surface area (Å²) in [6.45, 7) is 2.44. The van der Waals surface area contributed by atoms with Crippen LogP contribution in [-0.2, 0) is 9.47 Å². The molecule has 4 heteroatoms. The minimum Gasteiger partial charge on any atom is -0.385 e. The Labute approximate surface area is 95.7 Å². The van der Waals surface area contributed by atoms with Crippen LogP contribution < -0.4 is 0 Å². The summed E-state index contributed by atoms with van der Waals surface area (Å²) >= 11 is 8.10. The molecule has 1 rings (SSSR count). The molecule has 0 spiro atoms. The maximum Gasteiger partial charge on any atom is 0.0487 e. The van der Waals surface area contributed by atoms with Crippen molar-refractivity contribution in [3.63, 3.8) is 0 Å². The lowest BCUT2D eigenvalue weighted by Crippen LogP contribution is -2.14. The van der Waals surface area contributed by atoms with E-state index in [0.29, 0.717) is 11.3 Å². The average Bonchev–Trinajstić information content (AvgIpc) is 2.58. The molecule has 1 aliphatic rings. The van der Waals surface area contributed by atoms with Gasteiger partial charge >= 0.3 is 0 Å². The van der Waals surface area contributed by atoms with Gasteiger partial charge in [0.1, 0.15) is 0 Å². The first-order valence-corrected chi connectivity index (χ1v) is 6.72. The normalized spacial score (nSPS) is 27.0. The molecular formula is C10H19ClO2S. The second kappa shape index (κ2) is 7.80. The summed E-state index contributed by atoms with van der Waals surface area (Å²) in [5.41, 5.74) is 0. The summed E-state index contributed by atoms with van der Waals surface area (Å²) in [5.74, 6) is 2.97. The molecule has 0 aromatic rings.